The van der Waals surface area contributed by atoms with E-state index in [0.29, 0.717) is 11.3 Å². The molecule has 4 heteroatoms. The van der Waals surface area contributed by atoms with Crippen LogP contribution in [0.1, 0.15) is 35.3 Å². The number of hydrogen-bond acceptors (Lipinski definition) is 3. The van der Waals surface area contributed by atoms with Gasteiger partial charge in [0.15, 0.2) is 5.78 Å². The molecular weight excluding hydrogens is 306 g/mol. The highest BCUT2D eigenvalue weighted by molar-refractivity contribution is 8.00. The van der Waals surface area contributed by atoms with Gasteiger partial charge in [0.25, 0.3) is 0 Å². The van der Waals surface area contributed by atoms with E-state index in [1.807, 2.05) is 20.8 Å². The Kier molecular flexibility index (Phi) is 5.61. The van der Waals surface area contributed by atoms with Crippen molar-refractivity contribution >= 4 is 29.1 Å². The van der Waals surface area contributed by atoms with Crippen LogP contribution in [0.25, 0.3) is 0 Å². The predicted octanol–water partition coefficient (Wildman–Crippen LogP) is 4.63. The van der Waals surface area contributed by atoms with E-state index in [9.17, 15) is 9.59 Å². The Morgan fingerprint density at radius 1 is 1.09 bits per heavy atom. The molecule has 0 heterocycles. The van der Waals surface area contributed by atoms with Crippen molar-refractivity contribution in [2.24, 2.45) is 0 Å². The highest BCUT2D eigenvalue weighted by Crippen LogP contribution is 2.28. The second kappa shape index (κ2) is 7.47. The third kappa shape index (κ3) is 4.70. The molecule has 1 unspecified atom stereocenters. The van der Waals surface area contributed by atoms with Crippen molar-refractivity contribution in [2.45, 2.75) is 37.8 Å². The van der Waals surface area contributed by atoms with Crippen LogP contribution < -0.4 is 5.32 Å². The van der Waals surface area contributed by atoms with Crippen molar-refractivity contribution in [3.63, 3.8) is 0 Å². The SMILES string of the molecule is CC(=O)c1cccc(NC(=O)C(C)Sc2cc(C)ccc2C)c1. The third-order valence-electron chi connectivity index (χ3n) is 3.55. The number of amides is 1. The summed E-state index contributed by atoms with van der Waals surface area (Å²) in [6, 6.07) is 13.2. The van der Waals surface area contributed by atoms with Gasteiger partial charge in [0.1, 0.15) is 0 Å². The number of ketones is 1. The minimum absolute atomic E-state index is 0.0149. The molecule has 3 nitrogen and oxygen atoms in total. The van der Waals surface area contributed by atoms with Crippen LogP contribution in [0.2, 0.25) is 0 Å². The third-order valence-corrected chi connectivity index (χ3v) is 4.81. The Morgan fingerprint density at radius 3 is 2.52 bits per heavy atom. The number of nitrogens with one attached hydrogen (secondary N) is 1. The van der Waals surface area contributed by atoms with Crippen LogP contribution in [0.4, 0.5) is 5.69 Å². The fourth-order valence-electron chi connectivity index (χ4n) is 2.14. The minimum atomic E-state index is -0.225. The Balaban J connectivity index is 2.07. The number of anilines is 1. The lowest BCUT2D eigenvalue weighted by molar-refractivity contribution is -0.115. The van der Waals surface area contributed by atoms with Gasteiger partial charge >= 0.3 is 0 Å². The van der Waals surface area contributed by atoms with Crippen LogP contribution in [-0.2, 0) is 4.79 Å². The maximum atomic E-state index is 12.4. The van der Waals surface area contributed by atoms with Crippen molar-refractivity contribution in [3.8, 4) is 0 Å². The quantitative estimate of drug-likeness (QED) is 0.643. The second-order valence-electron chi connectivity index (χ2n) is 5.66. The molecule has 1 amide bonds. The fourth-order valence-corrected chi connectivity index (χ4v) is 3.19. The monoisotopic (exact) mass is 327 g/mol. The van der Waals surface area contributed by atoms with Crippen LogP contribution in [0, 0.1) is 13.8 Å². The van der Waals surface area contributed by atoms with Gasteiger partial charge in [-0.3, -0.25) is 9.59 Å². The smallest absolute Gasteiger partial charge is 0.237 e. The molecule has 2 rings (SSSR count). The molecule has 0 spiro atoms. The van der Waals surface area contributed by atoms with E-state index in [1.165, 1.54) is 18.1 Å². The summed E-state index contributed by atoms with van der Waals surface area (Å²) in [6.45, 7) is 7.49. The first-order valence-corrected chi connectivity index (χ1v) is 8.40. The van der Waals surface area contributed by atoms with Gasteiger partial charge in [0.2, 0.25) is 5.91 Å². The van der Waals surface area contributed by atoms with E-state index in [-0.39, 0.29) is 16.9 Å². The van der Waals surface area contributed by atoms with Crippen molar-refractivity contribution in [3.05, 3.63) is 59.2 Å². The first kappa shape index (κ1) is 17.3. The molecule has 0 aliphatic heterocycles. The summed E-state index contributed by atoms with van der Waals surface area (Å²) in [4.78, 5) is 24.9. The molecule has 1 atom stereocenters. The van der Waals surface area contributed by atoms with Gasteiger partial charge < -0.3 is 5.32 Å². The van der Waals surface area contributed by atoms with Gasteiger partial charge in [-0.1, -0.05) is 29.8 Å². The Hall–Kier alpha value is -2.07. The molecule has 1 N–H and O–H groups in total. The number of carbonyl (C=O) groups is 2. The summed E-state index contributed by atoms with van der Waals surface area (Å²) in [6.07, 6.45) is 0. The molecule has 0 saturated heterocycles. The highest BCUT2D eigenvalue weighted by Gasteiger charge is 2.16. The van der Waals surface area contributed by atoms with Crippen LogP contribution >= 0.6 is 11.8 Å². The van der Waals surface area contributed by atoms with Gasteiger partial charge in [-0.25, -0.2) is 0 Å². The van der Waals surface area contributed by atoms with E-state index in [0.717, 1.165) is 4.90 Å². The molecule has 23 heavy (non-hydrogen) atoms. The van der Waals surface area contributed by atoms with Crippen LogP contribution in [0.3, 0.4) is 0 Å². The largest absolute Gasteiger partial charge is 0.325 e. The first-order valence-electron chi connectivity index (χ1n) is 7.52. The van der Waals surface area contributed by atoms with Crippen LogP contribution in [0.15, 0.2) is 47.4 Å². The fraction of sp³-hybridized carbons (Fsp3) is 0.263. The molecule has 2 aromatic rings. The van der Waals surface area contributed by atoms with E-state index in [4.69, 9.17) is 0 Å². The Bertz CT molecular complexity index is 740. The molecule has 0 bridgehead atoms. The number of hydrogen-bond donors (Lipinski definition) is 1. The summed E-state index contributed by atoms with van der Waals surface area (Å²) in [7, 11) is 0. The Labute approximate surface area is 141 Å². The Morgan fingerprint density at radius 2 is 1.83 bits per heavy atom. The molecule has 0 aromatic heterocycles. The van der Waals surface area contributed by atoms with Crippen LogP contribution in [0.5, 0.6) is 0 Å². The highest BCUT2D eigenvalue weighted by atomic mass is 32.2. The summed E-state index contributed by atoms with van der Waals surface area (Å²) in [5.41, 5.74) is 3.59. The maximum Gasteiger partial charge on any atom is 0.237 e. The summed E-state index contributed by atoms with van der Waals surface area (Å²) in [5, 5.41) is 2.65. The van der Waals surface area contributed by atoms with Crippen molar-refractivity contribution < 1.29 is 9.59 Å². The number of benzene rings is 2. The zero-order chi connectivity index (χ0) is 17.0. The molecular formula is C19H21NO2S. The topological polar surface area (TPSA) is 46.2 Å². The molecule has 0 aliphatic carbocycles. The van der Waals surface area contributed by atoms with E-state index in [2.05, 4.69) is 23.5 Å². The molecule has 0 radical (unpaired) electrons. The summed E-state index contributed by atoms with van der Waals surface area (Å²) < 4.78 is 0. The minimum Gasteiger partial charge on any atom is -0.325 e. The second-order valence-corrected chi connectivity index (χ2v) is 7.04. The lowest BCUT2D eigenvalue weighted by Crippen LogP contribution is -2.22. The number of thioether (sulfide) groups is 1. The van der Waals surface area contributed by atoms with Gasteiger partial charge in [0.05, 0.1) is 5.25 Å². The maximum absolute atomic E-state index is 12.4. The van der Waals surface area contributed by atoms with E-state index in [1.54, 1.807) is 36.0 Å². The lowest BCUT2D eigenvalue weighted by Gasteiger charge is -2.14. The standard InChI is InChI=1S/C19H21NO2S/c1-12-8-9-13(2)18(10-12)23-15(4)19(22)20-17-7-5-6-16(11-17)14(3)21/h5-11,15H,1-4H3,(H,20,22). The molecule has 0 saturated carbocycles. The van der Waals surface area contributed by atoms with Crippen molar-refractivity contribution in [2.75, 3.05) is 5.32 Å². The van der Waals surface area contributed by atoms with Crippen LogP contribution in [-0.4, -0.2) is 16.9 Å². The summed E-state index contributed by atoms with van der Waals surface area (Å²) in [5.74, 6) is -0.0875. The van der Waals surface area contributed by atoms with Gasteiger partial charge in [0, 0.05) is 16.1 Å². The summed E-state index contributed by atoms with van der Waals surface area (Å²) >= 11 is 1.54. The number of aryl methyl sites for hydroxylation is 2. The van der Waals surface area contributed by atoms with Crippen molar-refractivity contribution in [1.82, 2.24) is 0 Å². The molecule has 0 aliphatic rings. The predicted molar refractivity (Wildman–Crippen MR) is 96.3 cm³/mol. The average molecular weight is 327 g/mol. The molecule has 120 valence electrons. The van der Waals surface area contributed by atoms with Gasteiger partial charge in [-0.05, 0) is 51.5 Å². The zero-order valence-corrected chi connectivity index (χ0v) is 14.7. The zero-order valence-electron chi connectivity index (χ0n) is 13.8. The molecule has 2 aromatic carbocycles. The van der Waals surface area contributed by atoms with Crippen molar-refractivity contribution in [1.29, 1.82) is 0 Å². The number of carbonyl (C=O) groups excluding carboxylic acids is 2. The van der Waals surface area contributed by atoms with Gasteiger partial charge in [-0.15, -0.1) is 11.8 Å². The average Bonchev–Trinajstić information content (AvgIpc) is 2.51. The molecule has 0 fully saturated rings. The number of Topliss-reactive ketones (excluding diaryl/α,β-unsaturated/α-hetero) is 1. The first-order chi connectivity index (χ1) is 10.9. The van der Waals surface area contributed by atoms with E-state index >= 15 is 0 Å². The number of rotatable bonds is 5. The van der Waals surface area contributed by atoms with Gasteiger partial charge in [-0.2, -0.15) is 0 Å². The van der Waals surface area contributed by atoms with E-state index < -0.39 is 0 Å². The lowest BCUT2D eigenvalue weighted by atomic mass is 10.1. The normalized spacial score (nSPS) is 11.8.